The first-order chi connectivity index (χ1) is 13.7. The summed E-state index contributed by atoms with van der Waals surface area (Å²) in [6, 6.07) is 21.0. The van der Waals surface area contributed by atoms with E-state index in [0.29, 0.717) is 0 Å². The van der Waals surface area contributed by atoms with Crippen LogP contribution in [0.1, 0.15) is 34.3 Å². The van der Waals surface area contributed by atoms with Crippen LogP contribution < -0.4 is 15.5 Å². The quantitative estimate of drug-likeness (QED) is 0.730. The Morgan fingerprint density at radius 1 is 1.07 bits per heavy atom. The summed E-state index contributed by atoms with van der Waals surface area (Å²) in [6.07, 6.45) is 1.98. The molecule has 4 nitrogen and oxygen atoms in total. The van der Waals surface area contributed by atoms with Gasteiger partial charge in [-0.15, -0.1) is 0 Å². The van der Waals surface area contributed by atoms with E-state index in [-0.39, 0.29) is 11.4 Å². The van der Waals surface area contributed by atoms with Crippen molar-refractivity contribution in [2.24, 2.45) is 0 Å². The second kappa shape index (κ2) is 6.64. The zero-order valence-electron chi connectivity index (χ0n) is 16.2. The number of carbonyl (C=O) groups is 1. The van der Waals surface area contributed by atoms with Crippen LogP contribution in [0.4, 0.5) is 5.69 Å². The maximum absolute atomic E-state index is 13.3. The Kier molecular flexibility index (Phi) is 4.09. The number of anilines is 1. The first kappa shape index (κ1) is 17.3. The van der Waals surface area contributed by atoms with Crippen LogP contribution in [0.5, 0.6) is 0 Å². The van der Waals surface area contributed by atoms with Crippen LogP contribution >= 0.6 is 0 Å². The third kappa shape index (κ3) is 2.94. The van der Waals surface area contributed by atoms with Gasteiger partial charge in [-0.3, -0.25) is 10.1 Å². The van der Waals surface area contributed by atoms with Crippen LogP contribution in [0.2, 0.25) is 0 Å². The summed E-state index contributed by atoms with van der Waals surface area (Å²) in [5.41, 5.74) is 3.89. The van der Waals surface area contributed by atoms with E-state index in [4.69, 9.17) is 0 Å². The molecule has 1 saturated carbocycles. The molecular weight excluding hydrogens is 346 g/mol. The lowest BCUT2D eigenvalue weighted by atomic mass is 9.96. The van der Waals surface area contributed by atoms with Crippen LogP contribution in [0.25, 0.3) is 10.8 Å². The van der Waals surface area contributed by atoms with E-state index in [1.165, 1.54) is 16.3 Å². The van der Waals surface area contributed by atoms with Crippen LogP contribution in [0, 0.1) is 6.92 Å². The van der Waals surface area contributed by atoms with E-state index in [0.717, 1.165) is 49.4 Å². The maximum atomic E-state index is 13.3. The molecule has 1 saturated heterocycles. The second-order valence-electron chi connectivity index (χ2n) is 7.98. The topological polar surface area (TPSA) is 44.4 Å². The fraction of sp³-hybridized carbons (Fsp3) is 0.292. The van der Waals surface area contributed by atoms with Crippen molar-refractivity contribution in [3.63, 3.8) is 0 Å². The zero-order chi connectivity index (χ0) is 19.1. The van der Waals surface area contributed by atoms with Gasteiger partial charge in [-0.2, -0.15) is 0 Å². The average Bonchev–Trinajstić information content (AvgIpc) is 3.28. The first-order valence-corrected chi connectivity index (χ1v) is 10.0. The number of aryl methyl sites for hydroxylation is 1. The van der Waals surface area contributed by atoms with Crippen LogP contribution in [0.15, 0.2) is 60.7 Å². The Morgan fingerprint density at radius 2 is 1.89 bits per heavy atom. The highest BCUT2D eigenvalue weighted by Gasteiger charge is 2.46. The SMILES string of the molecule is Cc1ccc(N2CCNC2)cc1C(=O)NC1(c2cccc3ccccc23)CC1. The van der Waals surface area contributed by atoms with E-state index in [1.807, 2.05) is 13.0 Å². The van der Waals surface area contributed by atoms with Crippen LogP contribution in [-0.4, -0.2) is 25.7 Å². The molecule has 2 N–H and O–H groups in total. The van der Waals surface area contributed by atoms with Crippen LogP contribution in [0.3, 0.4) is 0 Å². The van der Waals surface area contributed by atoms with Gasteiger partial charge in [0.2, 0.25) is 0 Å². The third-order valence-electron chi connectivity index (χ3n) is 6.10. The van der Waals surface area contributed by atoms with Crippen molar-refractivity contribution in [1.82, 2.24) is 10.6 Å². The van der Waals surface area contributed by atoms with Gasteiger partial charge in [-0.1, -0.05) is 48.5 Å². The highest BCUT2D eigenvalue weighted by Crippen LogP contribution is 2.48. The summed E-state index contributed by atoms with van der Waals surface area (Å²) >= 11 is 0. The van der Waals surface area contributed by atoms with E-state index in [9.17, 15) is 4.79 Å². The van der Waals surface area contributed by atoms with E-state index in [1.54, 1.807) is 0 Å². The maximum Gasteiger partial charge on any atom is 0.252 e. The molecule has 1 amide bonds. The summed E-state index contributed by atoms with van der Waals surface area (Å²) in [7, 11) is 0. The van der Waals surface area contributed by atoms with Crippen molar-refractivity contribution >= 4 is 22.4 Å². The summed E-state index contributed by atoms with van der Waals surface area (Å²) < 4.78 is 0. The van der Waals surface area contributed by atoms with Crippen molar-refractivity contribution < 1.29 is 4.79 Å². The minimum Gasteiger partial charge on any atom is -0.357 e. The molecule has 0 atom stereocenters. The fourth-order valence-corrected chi connectivity index (χ4v) is 4.29. The Bertz CT molecular complexity index is 1040. The number of nitrogens with one attached hydrogen (secondary N) is 2. The number of rotatable bonds is 4. The van der Waals surface area contributed by atoms with Gasteiger partial charge in [0.05, 0.1) is 12.2 Å². The molecule has 1 aliphatic heterocycles. The Hall–Kier alpha value is -2.85. The number of hydrogen-bond donors (Lipinski definition) is 2. The lowest BCUT2D eigenvalue weighted by molar-refractivity contribution is 0.0930. The molecule has 28 heavy (non-hydrogen) atoms. The molecule has 0 bridgehead atoms. The summed E-state index contributed by atoms with van der Waals surface area (Å²) in [5.74, 6) is 0.0249. The van der Waals surface area contributed by atoms with Gasteiger partial charge in [0, 0.05) is 24.3 Å². The van der Waals surface area contributed by atoms with E-state index < -0.39 is 0 Å². The van der Waals surface area contributed by atoms with Crippen molar-refractivity contribution in [1.29, 1.82) is 0 Å². The van der Waals surface area contributed by atoms with Gasteiger partial charge < -0.3 is 10.2 Å². The van der Waals surface area contributed by atoms with Crippen molar-refractivity contribution in [3.05, 3.63) is 77.4 Å². The Balaban J connectivity index is 1.46. The average molecular weight is 371 g/mol. The Labute approximate surface area is 165 Å². The van der Waals surface area contributed by atoms with Gasteiger partial charge >= 0.3 is 0 Å². The number of benzene rings is 3. The highest BCUT2D eigenvalue weighted by atomic mass is 16.1. The molecular formula is C24H25N3O. The minimum absolute atomic E-state index is 0.0249. The monoisotopic (exact) mass is 371 g/mol. The number of carbonyl (C=O) groups excluding carboxylic acids is 1. The van der Waals surface area contributed by atoms with Crippen molar-refractivity contribution in [2.75, 3.05) is 24.7 Å². The van der Waals surface area contributed by atoms with Crippen molar-refractivity contribution in [2.45, 2.75) is 25.3 Å². The molecule has 1 aliphatic carbocycles. The number of nitrogens with zero attached hydrogens (tertiary/aromatic N) is 1. The standard InChI is InChI=1S/C24H25N3O/c1-17-9-10-19(27-14-13-25-16-27)15-21(17)23(28)26-24(11-12-24)22-8-4-6-18-5-2-3-7-20(18)22/h2-10,15,25H,11-14,16H2,1H3,(H,26,28). The van der Waals surface area contributed by atoms with Gasteiger partial charge in [0.1, 0.15) is 0 Å². The molecule has 3 aromatic carbocycles. The predicted molar refractivity (Wildman–Crippen MR) is 114 cm³/mol. The molecule has 4 heteroatoms. The van der Waals surface area contributed by atoms with Crippen LogP contribution in [-0.2, 0) is 5.54 Å². The lowest BCUT2D eigenvalue weighted by Gasteiger charge is -2.22. The molecule has 0 spiro atoms. The summed E-state index contributed by atoms with van der Waals surface area (Å²) in [6.45, 7) is 4.81. The Morgan fingerprint density at radius 3 is 2.68 bits per heavy atom. The van der Waals surface area contributed by atoms with E-state index in [2.05, 4.69) is 70.1 Å². The number of fused-ring (bicyclic) bond motifs is 1. The van der Waals surface area contributed by atoms with Gasteiger partial charge in [0.25, 0.3) is 5.91 Å². The second-order valence-corrected chi connectivity index (χ2v) is 7.98. The third-order valence-corrected chi connectivity index (χ3v) is 6.10. The largest absolute Gasteiger partial charge is 0.357 e. The molecule has 0 radical (unpaired) electrons. The lowest BCUT2D eigenvalue weighted by Crippen LogP contribution is -2.35. The van der Waals surface area contributed by atoms with Gasteiger partial charge in [0.15, 0.2) is 0 Å². The van der Waals surface area contributed by atoms with Gasteiger partial charge in [-0.25, -0.2) is 0 Å². The molecule has 0 unspecified atom stereocenters. The first-order valence-electron chi connectivity index (χ1n) is 10.0. The predicted octanol–water partition coefficient (Wildman–Crippen LogP) is 3.93. The number of hydrogen-bond acceptors (Lipinski definition) is 3. The molecule has 0 aromatic heterocycles. The zero-order valence-corrected chi connectivity index (χ0v) is 16.2. The molecule has 142 valence electrons. The van der Waals surface area contributed by atoms with Gasteiger partial charge in [-0.05, 0) is 53.8 Å². The summed E-state index contributed by atoms with van der Waals surface area (Å²) in [5, 5.41) is 9.18. The normalized spacial score (nSPS) is 17.7. The molecule has 2 fully saturated rings. The molecule has 3 aromatic rings. The smallest absolute Gasteiger partial charge is 0.252 e. The molecule has 2 aliphatic rings. The highest BCUT2D eigenvalue weighted by molar-refractivity contribution is 5.98. The van der Waals surface area contributed by atoms with Crippen molar-refractivity contribution in [3.8, 4) is 0 Å². The van der Waals surface area contributed by atoms with E-state index >= 15 is 0 Å². The summed E-state index contributed by atoms with van der Waals surface area (Å²) in [4.78, 5) is 15.5. The fourth-order valence-electron chi connectivity index (χ4n) is 4.29. The molecule has 5 rings (SSSR count). The number of amides is 1. The minimum atomic E-state index is -0.240. The molecule has 1 heterocycles.